The van der Waals surface area contributed by atoms with Gasteiger partial charge in [0.25, 0.3) is 0 Å². The van der Waals surface area contributed by atoms with Crippen LogP contribution in [-0.2, 0) is 11.3 Å². The molecule has 0 saturated carbocycles. The zero-order valence-electron chi connectivity index (χ0n) is 18.2. The molecule has 0 N–H and O–H groups in total. The van der Waals surface area contributed by atoms with Crippen LogP contribution in [0.4, 0.5) is 9.18 Å². The molecular weight excluding hydrogens is 425 g/mol. The van der Waals surface area contributed by atoms with E-state index in [4.69, 9.17) is 10.00 Å². The van der Waals surface area contributed by atoms with Crippen molar-refractivity contribution >= 4 is 11.6 Å². The third-order valence-corrected chi connectivity index (χ3v) is 5.24. The third kappa shape index (κ3) is 4.06. The summed E-state index contributed by atoms with van der Waals surface area (Å²) in [6.45, 7) is 0.0581. The molecule has 4 rings (SSSR count). The number of imidazole rings is 1. The number of rotatable bonds is 5. The molecule has 2 aromatic heterocycles. The minimum atomic E-state index is -0.555. The number of methoxy groups -OCH3 is 2. The first kappa shape index (κ1) is 21.8. The van der Waals surface area contributed by atoms with Crippen LogP contribution in [0, 0.1) is 17.1 Å². The number of amides is 1. The van der Waals surface area contributed by atoms with E-state index in [1.165, 1.54) is 32.2 Å². The highest BCUT2D eigenvalue weighted by molar-refractivity contribution is 5.82. The molecule has 0 atom stereocenters. The molecule has 2 aromatic carbocycles. The van der Waals surface area contributed by atoms with Gasteiger partial charge >= 0.3 is 6.09 Å². The summed E-state index contributed by atoms with van der Waals surface area (Å²) in [4.78, 5) is 21.8. The zero-order chi connectivity index (χ0) is 23.5. The van der Waals surface area contributed by atoms with Gasteiger partial charge in [-0.15, -0.1) is 0 Å². The van der Waals surface area contributed by atoms with E-state index in [1.54, 1.807) is 53.3 Å². The van der Waals surface area contributed by atoms with Crippen molar-refractivity contribution in [2.24, 2.45) is 0 Å². The summed E-state index contributed by atoms with van der Waals surface area (Å²) < 4.78 is 27.0. The lowest BCUT2D eigenvalue weighted by molar-refractivity contribution is 0.131. The monoisotopic (exact) mass is 445 g/mol. The predicted molar refractivity (Wildman–Crippen MR) is 119 cm³/mol. The highest BCUT2D eigenvalue weighted by Crippen LogP contribution is 2.35. The van der Waals surface area contributed by atoms with Gasteiger partial charge in [0.1, 0.15) is 11.3 Å². The molecule has 0 saturated heterocycles. The molecule has 0 aliphatic heterocycles. The molecule has 2 heterocycles. The van der Waals surface area contributed by atoms with Gasteiger partial charge in [-0.2, -0.15) is 5.26 Å². The van der Waals surface area contributed by atoms with Crippen LogP contribution < -0.4 is 4.74 Å². The van der Waals surface area contributed by atoms with Crippen molar-refractivity contribution < 1.29 is 18.7 Å². The maximum atomic E-state index is 15.1. The molecule has 8 nitrogen and oxygen atoms in total. The van der Waals surface area contributed by atoms with Crippen molar-refractivity contribution in [2.75, 3.05) is 21.3 Å². The molecule has 4 aromatic rings. The normalized spacial score (nSPS) is 10.6. The Morgan fingerprint density at radius 3 is 2.55 bits per heavy atom. The summed E-state index contributed by atoms with van der Waals surface area (Å²) in [5.41, 5.74) is 3.93. The first-order chi connectivity index (χ1) is 16.0. The van der Waals surface area contributed by atoms with Crippen LogP contribution in [0.15, 0.2) is 55.0 Å². The fraction of sp³-hybridized carbons (Fsp3) is 0.167. The predicted octanol–water partition coefficient (Wildman–Crippen LogP) is 4.28. The number of benzene rings is 2. The van der Waals surface area contributed by atoms with Crippen molar-refractivity contribution in [2.45, 2.75) is 6.54 Å². The number of nitriles is 1. The molecule has 0 radical (unpaired) electrons. The largest absolute Gasteiger partial charge is 0.479 e. The second-order valence-electron chi connectivity index (χ2n) is 7.29. The second-order valence-corrected chi connectivity index (χ2v) is 7.29. The number of ether oxygens (including phenoxy) is 2. The Hall–Kier alpha value is -4.45. The standard InChI is InChI=1S/C24H20FN5O3/c1-29(24(31)33-3)13-18-9-8-17(10-19(18)25)22-21(16-6-4-15(11-26)5-7-16)28-23(32-2)20-12-27-14-30(20)22/h4-10,12,14H,13H2,1-3H3. The van der Waals surface area contributed by atoms with E-state index >= 15 is 4.39 Å². The zero-order valence-corrected chi connectivity index (χ0v) is 18.2. The van der Waals surface area contributed by atoms with Gasteiger partial charge in [0.05, 0.1) is 56.3 Å². The molecule has 166 valence electrons. The van der Waals surface area contributed by atoms with Crippen LogP contribution in [0.2, 0.25) is 0 Å². The number of nitrogens with zero attached hydrogens (tertiary/aromatic N) is 5. The Bertz CT molecular complexity index is 1380. The molecule has 0 unspecified atom stereocenters. The molecule has 33 heavy (non-hydrogen) atoms. The van der Waals surface area contributed by atoms with E-state index in [0.29, 0.717) is 39.5 Å². The maximum Gasteiger partial charge on any atom is 0.409 e. The highest BCUT2D eigenvalue weighted by atomic mass is 19.1. The molecule has 0 bridgehead atoms. The van der Waals surface area contributed by atoms with Crippen LogP contribution in [0.3, 0.4) is 0 Å². The first-order valence-corrected chi connectivity index (χ1v) is 9.95. The first-order valence-electron chi connectivity index (χ1n) is 9.95. The third-order valence-electron chi connectivity index (χ3n) is 5.24. The summed E-state index contributed by atoms with van der Waals surface area (Å²) in [7, 11) is 4.32. The van der Waals surface area contributed by atoms with Crippen LogP contribution in [-0.4, -0.2) is 46.6 Å². The number of carbonyl (C=O) groups excluding carboxylic acids is 1. The number of aromatic nitrogens is 3. The van der Waals surface area contributed by atoms with Gasteiger partial charge in [0.2, 0.25) is 5.88 Å². The van der Waals surface area contributed by atoms with E-state index in [-0.39, 0.29) is 6.54 Å². The van der Waals surface area contributed by atoms with Crippen LogP contribution in [0.1, 0.15) is 11.1 Å². The van der Waals surface area contributed by atoms with Crippen molar-refractivity contribution in [3.63, 3.8) is 0 Å². The van der Waals surface area contributed by atoms with E-state index < -0.39 is 11.9 Å². The Kier molecular flexibility index (Phi) is 5.91. The number of fused-ring (bicyclic) bond motifs is 1. The second kappa shape index (κ2) is 8.96. The highest BCUT2D eigenvalue weighted by Gasteiger charge is 2.20. The average Bonchev–Trinajstić information content (AvgIpc) is 3.33. The van der Waals surface area contributed by atoms with Crippen molar-refractivity contribution in [1.29, 1.82) is 5.26 Å². The molecule has 1 amide bonds. The number of hydrogen-bond acceptors (Lipinski definition) is 6. The molecule has 0 spiro atoms. The Morgan fingerprint density at radius 2 is 1.91 bits per heavy atom. The van der Waals surface area contributed by atoms with Gasteiger partial charge in [-0.25, -0.2) is 19.2 Å². The minimum Gasteiger partial charge on any atom is -0.479 e. The minimum absolute atomic E-state index is 0.0581. The van der Waals surface area contributed by atoms with Gasteiger partial charge in [-0.05, 0) is 18.2 Å². The van der Waals surface area contributed by atoms with Crippen molar-refractivity contribution in [3.05, 3.63) is 71.9 Å². The quantitative estimate of drug-likeness (QED) is 0.455. The Morgan fingerprint density at radius 1 is 1.18 bits per heavy atom. The number of carbonyl (C=O) groups is 1. The number of hydrogen-bond donors (Lipinski definition) is 0. The van der Waals surface area contributed by atoms with E-state index in [9.17, 15) is 4.79 Å². The smallest absolute Gasteiger partial charge is 0.409 e. The van der Waals surface area contributed by atoms with E-state index in [0.717, 1.165) is 5.56 Å². The summed E-state index contributed by atoms with van der Waals surface area (Å²) in [5, 5.41) is 9.12. The van der Waals surface area contributed by atoms with Gasteiger partial charge < -0.3 is 14.4 Å². The Balaban J connectivity index is 1.87. The number of halogens is 1. The van der Waals surface area contributed by atoms with Crippen LogP contribution in [0.5, 0.6) is 5.88 Å². The van der Waals surface area contributed by atoms with Crippen molar-refractivity contribution in [1.82, 2.24) is 19.3 Å². The molecule has 0 fully saturated rings. The van der Waals surface area contributed by atoms with E-state index in [2.05, 4.69) is 20.8 Å². The Labute approximate surface area is 189 Å². The lowest BCUT2D eigenvalue weighted by Crippen LogP contribution is -2.26. The lowest BCUT2D eigenvalue weighted by Gasteiger charge is -2.17. The summed E-state index contributed by atoms with van der Waals surface area (Å²) in [6.07, 6.45) is 2.67. The van der Waals surface area contributed by atoms with Crippen molar-refractivity contribution in [3.8, 4) is 34.5 Å². The van der Waals surface area contributed by atoms with Crippen LogP contribution in [0.25, 0.3) is 28.0 Å². The SMILES string of the molecule is COC(=O)N(C)Cc1ccc(-c2c(-c3ccc(C#N)cc3)nc(OC)c3cncn23)cc1F. The molecule has 0 aliphatic rings. The molecule has 0 aliphatic carbocycles. The van der Waals surface area contributed by atoms with Gasteiger partial charge in [0, 0.05) is 23.7 Å². The fourth-order valence-corrected chi connectivity index (χ4v) is 3.59. The van der Waals surface area contributed by atoms with Gasteiger partial charge in [-0.1, -0.05) is 24.3 Å². The summed E-state index contributed by atoms with van der Waals surface area (Å²) >= 11 is 0. The fourth-order valence-electron chi connectivity index (χ4n) is 3.59. The maximum absolute atomic E-state index is 15.1. The average molecular weight is 445 g/mol. The van der Waals surface area contributed by atoms with E-state index in [1.807, 2.05) is 0 Å². The lowest BCUT2D eigenvalue weighted by atomic mass is 10.0. The topological polar surface area (TPSA) is 92.8 Å². The molecular formula is C24H20FN5O3. The summed E-state index contributed by atoms with van der Waals surface area (Å²) in [5.74, 6) is -0.106. The van der Waals surface area contributed by atoms with Crippen LogP contribution >= 0.6 is 0 Å². The summed E-state index contributed by atoms with van der Waals surface area (Å²) in [6, 6.07) is 13.8. The molecule has 9 heteroatoms. The van der Waals surface area contributed by atoms with Gasteiger partial charge in [-0.3, -0.25) is 4.40 Å². The van der Waals surface area contributed by atoms with Gasteiger partial charge in [0.15, 0.2) is 0 Å².